The summed E-state index contributed by atoms with van der Waals surface area (Å²) in [5.74, 6) is 0.234. The number of thioether (sulfide) groups is 1. The molecule has 0 aliphatic rings. The standard InChI is InChI=1S/C16H16N2O2S/c1-12-6-8-14(9-7-12)21-11-16(20)18-17-10-13-4-2-3-5-15(13)19/h2-10,19H,11H2,1H3,(H,18,20)/b17-10-. The Labute approximate surface area is 127 Å². The highest BCUT2D eigenvalue weighted by Gasteiger charge is 2.01. The molecule has 0 saturated heterocycles. The van der Waals surface area contributed by atoms with Crippen LogP contribution in [-0.2, 0) is 4.79 Å². The van der Waals surface area contributed by atoms with E-state index < -0.39 is 0 Å². The fraction of sp³-hybridized carbons (Fsp3) is 0.125. The molecule has 108 valence electrons. The topological polar surface area (TPSA) is 61.7 Å². The number of hydrazone groups is 1. The Bertz CT molecular complexity index is 639. The predicted molar refractivity (Wildman–Crippen MR) is 85.7 cm³/mol. The second-order valence-corrected chi connectivity index (χ2v) is 5.50. The maximum Gasteiger partial charge on any atom is 0.250 e. The minimum absolute atomic E-state index is 0.129. The number of aromatic hydroxyl groups is 1. The van der Waals surface area contributed by atoms with Gasteiger partial charge in [0.15, 0.2) is 0 Å². The van der Waals surface area contributed by atoms with Crippen molar-refractivity contribution in [3.63, 3.8) is 0 Å². The van der Waals surface area contributed by atoms with E-state index in [2.05, 4.69) is 10.5 Å². The van der Waals surface area contributed by atoms with Crippen LogP contribution < -0.4 is 5.43 Å². The Balaban J connectivity index is 1.80. The molecule has 0 unspecified atom stereocenters. The molecule has 0 saturated carbocycles. The van der Waals surface area contributed by atoms with E-state index in [1.807, 2.05) is 31.2 Å². The van der Waals surface area contributed by atoms with Crippen molar-refractivity contribution < 1.29 is 9.90 Å². The van der Waals surface area contributed by atoms with Gasteiger partial charge in [-0.15, -0.1) is 11.8 Å². The number of amides is 1. The van der Waals surface area contributed by atoms with Gasteiger partial charge < -0.3 is 5.11 Å². The average Bonchev–Trinajstić information content (AvgIpc) is 2.49. The zero-order valence-corrected chi connectivity index (χ0v) is 12.4. The van der Waals surface area contributed by atoms with E-state index in [1.165, 1.54) is 23.5 Å². The van der Waals surface area contributed by atoms with Gasteiger partial charge in [-0.2, -0.15) is 5.10 Å². The number of aryl methyl sites for hydroxylation is 1. The average molecular weight is 300 g/mol. The normalized spacial score (nSPS) is 10.7. The number of carbonyl (C=O) groups is 1. The van der Waals surface area contributed by atoms with Gasteiger partial charge in [0.05, 0.1) is 12.0 Å². The van der Waals surface area contributed by atoms with Crippen molar-refractivity contribution in [2.75, 3.05) is 5.75 Å². The van der Waals surface area contributed by atoms with Gasteiger partial charge in [0.1, 0.15) is 5.75 Å². The van der Waals surface area contributed by atoms with Gasteiger partial charge in [0.2, 0.25) is 5.91 Å². The van der Waals surface area contributed by atoms with Crippen LogP contribution in [0, 0.1) is 6.92 Å². The molecule has 4 nitrogen and oxygen atoms in total. The lowest BCUT2D eigenvalue weighted by molar-refractivity contribution is -0.118. The van der Waals surface area contributed by atoms with Crippen LogP contribution in [0.25, 0.3) is 0 Å². The molecule has 2 N–H and O–H groups in total. The summed E-state index contributed by atoms with van der Waals surface area (Å²) < 4.78 is 0. The van der Waals surface area contributed by atoms with Crippen molar-refractivity contribution in [3.8, 4) is 5.75 Å². The molecule has 2 rings (SSSR count). The van der Waals surface area contributed by atoms with Gasteiger partial charge in [-0.1, -0.05) is 29.8 Å². The molecule has 0 fully saturated rings. The number of nitrogens with one attached hydrogen (secondary N) is 1. The lowest BCUT2D eigenvalue weighted by Gasteiger charge is -2.01. The van der Waals surface area contributed by atoms with Crippen molar-refractivity contribution in [3.05, 3.63) is 59.7 Å². The number of phenols is 1. The molecule has 0 aromatic heterocycles. The van der Waals surface area contributed by atoms with E-state index in [0.717, 1.165) is 4.90 Å². The summed E-state index contributed by atoms with van der Waals surface area (Å²) in [6.45, 7) is 2.02. The highest BCUT2D eigenvalue weighted by atomic mass is 32.2. The number of phenolic OH excluding ortho intramolecular Hbond substituents is 1. The third-order valence-electron chi connectivity index (χ3n) is 2.72. The lowest BCUT2D eigenvalue weighted by atomic mass is 10.2. The molecule has 2 aromatic carbocycles. The molecule has 0 bridgehead atoms. The summed E-state index contributed by atoms with van der Waals surface area (Å²) in [6.07, 6.45) is 1.42. The highest BCUT2D eigenvalue weighted by molar-refractivity contribution is 8.00. The van der Waals surface area contributed by atoms with Crippen molar-refractivity contribution in [1.29, 1.82) is 0 Å². The fourth-order valence-electron chi connectivity index (χ4n) is 1.59. The first kappa shape index (κ1) is 15.1. The van der Waals surface area contributed by atoms with E-state index >= 15 is 0 Å². The van der Waals surface area contributed by atoms with Crippen molar-refractivity contribution in [2.45, 2.75) is 11.8 Å². The van der Waals surface area contributed by atoms with Gasteiger partial charge in [-0.3, -0.25) is 4.79 Å². The summed E-state index contributed by atoms with van der Waals surface area (Å²) in [6, 6.07) is 14.8. The monoisotopic (exact) mass is 300 g/mol. The van der Waals surface area contributed by atoms with Crippen LogP contribution in [0.1, 0.15) is 11.1 Å². The number of para-hydroxylation sites is 1. The van der Waals surface area contributed by atoms with Gasteiger partial charge in [0, 0.05) is 10.5 Å². The first-order chi connectivity index (χ1) is 10.1. The first-order valence-electron chi connectivity index (χ1n) is 6.44. The zero-order chi connectivity index (χ0) is 15.1. The zero-order valence-electron chi connectivity index (χ0n) is 11.6. The summed E-state index contributed by atoms with van der Waals surface area (Å²) in [4.78, 5) is 12.7. The number of carbonyl (C=O) groups excluding carboxylic acids is 1. The molecule has 0 radical (unpaired) electrons. The van der Waals surface area contributed by atoms with E-state index in [1.54, 1.807) is 24.3 Å². The molecule has 2 aromatic rings. The van der Waals surface area contributed by atoms with E-state index in [9.17, 15) is 9.90 Å². The molecule has 5 heteroatoms. The molecule has 0 spiro atoms. The SMILES string of the molecule is Cc1ccc(SCC(=O)N/N=C\c2ccccc2O)cc1. The highest BCUT2D eigenvalue weighted by Crippen LogP contribution is 2.17. The van der Waals surface area contributed by atoms with Crippen molar-refractivity contribution in [2.24, 2.45) is 5.10 Å². The van der Waals surface area contributed by atoms with Crippen LogP contribution in [-0.4, -0.2) is 23.0 Å². The molecule has 1 amide bonds. The first-order valence-corrected chi connectivity index (χ1v) is 7.43. The van der Waals surface area contributed by atoms with E-state index in [-0.39, 0.29) is 11.7 Å². The number of nitrogens with zero attached hydrogens (tertiary/aromatic N) is 1. The molecule has 21 heavy (non-hydrogen) atoms. The Kier molecular flexibility index (Phi) is 5.40. The predicted octanol–water partition coefficient (Wildman–Crippen LogP) is 2.94. The summed E-state index contributed by atoms with van der Waals surface area (Å²) in [7, 11) is 0. The van der Waals surface area contributed by atoms with Crippen LogP contribution in [0.15, 0.2) is 58.5 Å². The Hall–Kier alpha value is -2.27. The molecular formula is C16H16N2O2S. The summed E-state index contributed by atoms with van der Waals surface area (Å²) in [5, 5.41) is 13.4. The second-order valence-electron chi connectivity index (χ2n) is 4.45. The summed E-state index contributed by atoms with van der Waals surface area (Å²) in [5.41, 5.74) is 4.19. The quantitative estimate of drug-likeness (QED) is 0.507. The minimum Gasteiger partial charge on any atom is -0.507 e. The third kappa shape index (κ3) is 4.96. The molecule has 0 heterocycles. The molecule has 0 aliphatic carbocycles. The fourth-order valence-corrected chi connectivity index (χ4v) is 2.28. The van der Waals surface area contributed by atoms with Crippen LogP contribution in [0.3, 0.4) is 0 Å². The second kappa shape index (κ2) is 7.50. The molecule has 0 atom stereocenters. The van der Waals surface area contributed by atoms with Gasteiger partial charge in [0.25, 0.3) is 0 Å². The van der Waals surface area contributed by atoms with Crippen molar-refractivity contribution >= 4 is 23.9 Å². The Morgan fingerprint density at radius 3 is 2.67 bits per heavy atom. The maximum atomic E-state index is 11.7. The van der Waals surface area contributed by atoms with Gasteiger partial charge in [-0.05, 0) is 31.2 Å². The summed E-state index contributed by atoms with van der Waals surface area (Å²) >= 11 is 1.45. The van der Waals surface area contributed by atoms with Crippen molar-refractivity contribution in [1.82, 2.24) is 5.43 Å². The van der Waals surface area contributed by atoms with Crippen LogP contribution in [0.5, 0.6) is 5.75 Å². The van der Waals surface area contributed by atoms with E-state index in [0.29, 0.717) is 11.3 Å². The van der Waals surface area contributed by atoms with E-state index in [4.69, 9.17) is 0 Å². The maximum absolute atomic E-state index is 11.7. The van der Waals surface area contributed by atoms with Gasteiger partial charge in [-0.25, -0.2) is 5.43 Å². The minimum atomic E-state index is -0.188. The number of benzene rings is 2. The Morgan fingerprint density at radius 2 is 1.95 bits per heavy atom. The Morgan fingerprint density at radius 1 is 1.24 bits per heavy atom. The number of hydrogen-bond donors (Lipinski definition) is 2. The van der Waals surface area contributed by atoms with Gasteiger partial charge >= 0.3 is 0 Å². The molecular weight excluding hydrogens is 284 g/mol. The number of hydrogen-bond acceptors (Lipinski definition) is 4. The van der Waals surface area contributed by atoms with Crippen LogP contribution in [0.2, 0.25) is 0 Å². The van der Waals surface area contributed by atoms with Crippen LogP contribution in [0.4, 0.5) is 0 Å². The largest absolute Gasteiger partial charge is 0.507 e. The smallest absolute Gasteiger partial charge is 0.250 e. The van der Waals surface area contributed by atoms with Crippen LogP contribution >= 0.6 is 11.8 Å². The lowest BCUT2D eigenvalue weighted by Crippen LogP contribution is -2.19. The number of rotatable bonds is 5. The molecule has 0 aliphatic heterocycles. The third-order valence-corrected chi connectivity index (χ3v) is 3.73.